The van der Waals surface area contributed by atoms with E-state index in [0.29, 0.717) is 0 Å². The van der Waals surface area contributed by atoms with Crippen LogP contribution in [-0.4, -0.2) is 12.4 Å². The topological polar surface area (TPSA) is 26.3 Å². The summed E-state index contributed by atoms with van der Waals surface area (Å²) in [6.45, 7) is 3.44. The molecule has 0 aromatic heterocycles. The van der Waals surface area contributed by atoms with Gasteiger partial charge in [0.25, 0.3) is 0 Å². The van der Waals surface area contributed by atoms with Crippen LogP contribution in [0.1, 0.15) is 13.8 Å². The second-order valence-electron chi connectivity index (χ2n) is 3.71. The summed E-state index contributed by atoms with van der Waals surface area (Å²) in [4.78, 5) is 11.4. The third-order valence-corrected chi connectivity index (χ3v) is 3.61. The summed E-state index contributed by atoms with van der Waals surface area (Å²) >= 11 is 23.5. The van der Waals surface area contributed by atoms with Crippen molar-refractivity contribution >= 4 is 52.2 Å². The molecule has 94 valence electrons. The molecule has 0 fully saturated rings. The predicted octanol–water partition coefficient (Wildman–Crippen LogP) is 4.90. The fourth-order valence-electron chi connectivity index (χ4n) is 0.988. The molecule has 0 aliphatic carbocycles. The Morgan fingerprint density at radius 2 is 1.65 bits per heavy atom. The number of halogens is 4. The average molecular weight is 316 g/mol. The van der Waals surface area contributed by atoms with Crippen LogP contribution >= 0.6 is 46.4 Å². The first-order valence-corrected chi connectivity index (χ1v) is 6.34. The van der Waals surface area contributed by atoms with Crippen molar-refractivity contribution in [2.24, 2.45) is 5.92 Å². The molecule has 6 heteroatoms. The van der Waals surface area contributed by atoms with Crippen LogP contribution in [0.25, 0.3) is 0 Å². The lowest BCUT2D eigenvalue weighted by molar-refractivity contribution is -0.123. The number of hydrogen-bond acceptors (Lipinski definition) is 2. The van der Waals surface area contributed by atoms with Crippen molar-refractivity contribution in [2.45, 2.75) is 13.8 Å². The number of Topliss-reactive ketones (excluding diaryl/α,β-unsaturated/α-hetero) is 1. The summed E-state index contributed by atoms with van der Waals surface area (Å²) in [7, 11) is 0. The SMILES string of the molecule is CC(C)C(=O)COc1c(Cl)c(Cl)cc(Cl)c1Cl. The quantitative estimate of drug-likeness (QED) is 0.738. The Morgan fingerprint density at radius 1 is 1.18 bits per heavy atom. The molecular weight excluding hydrogens is 306 g/mol. The number of ether oxygens (including phenoxy) is 1. The van der Waals surface area contributed by atoms with Crippen LogP contribution in [-0.2, 0) is 4.79 Å². The van der Waals surface area contributed by atoms with Gasteiger partial charge in [-0.1, -0.05) is 60.3 Å². The zero-order valence-electron chi connectivity index (χ0n) is 9.19. The van der Waals surface area contributed by atoms with Crippen molar-refractivity contribution in [1.29, 1.82) is 0 Å². The Bertz CT molecular complexity index is 417. The van der Waals surface area contributed by atoms with Gasteiger partial charge in [-0.3, -0.25) is 4.79 Å². The molecule has 1 aromatic rings. The van der Waals surface area contributed by atoms with Gasteiger partial charge in [0.05, 0.1) is 10.0 Å². The highest BCUT2D eigenvalue weighted by atomic mass is 35.5. The maximum absolute atomic E-state index is 11.4. The molecule has 0 amide bonds. The molecule has 0 saturated heterocycles. The first-order chi connectivity index (χ1) is 7.84. The fraction of sp³-hybridized carbons (Fsp3) is 0.364. The maximum Gasteiger partial charge on any atom is 0.172 e. The van der Waals surface area contributed by atoms with E-state index in [1.54, 1.807) is 13.8 Å². The molecule has 0 atom stereocenters. The largest absolute Gasteiger partial charge is 0.483 e. The second-order valence-corrected chi connectivity index (χ2v) is 5.28. The molecule has 0 N–H and O–H groups in total. The van der Waals surface area contributed by atoms with Gasteiger partial charge in [0, 0.05) is 5.92 Å². The van der Waals surface area contributed by atoms with Crippen molar-refractivity contribution in [2.75, 3.05) is 6.61 Å². The monoisotopic (exact) mass is 314 g/mol. The molecule has 0 unspecified atom stereocenters. The zero-order chi connectivity index (χ0) is 13.2. The molecule has 0 radical (unpaired) electrons. The van der Waals surface area contributed by atoms with Crippen LogP contribution in [0.4, 0.5) is 0 Å². The normalized spacial score (nSPS) is 10.8. The van der Waals surface area contributed by atoms with Gasteiger partial charge < -0.3 is 4.74 Å². The highest BCUT2D eigenvalue weighted by molar-refractivity contribution is 6.48. The van der Waals surface area contributed by atoms with Gasteiger partial charge in [0.1, 0.15) is 16.7 Å². The standard InChI is InChI=1S/C11H10Cl4O2/c1-5(2)8(16)4-17-11-9(14)6(12)3-7(13)10(11)15/h3,5H,4H2,1-2H3. The number of rotatable bonds is 4. The van der Waals surface area contributed by atoms with E-state index < -0.39 is 0 Å². The minimum absolute atomic E-state index is 0.0618. The average Bonchev–Trinajstić information content (AvgIpc) is 2.26. The molecule has 0 aliphatic heterocycles. The van der Waals surface area contributed by atoms with Crippen molar-refractivity contribution in [3.05, 3.63) is 26.2 Å². The molecule has 1 rings (SSSR count). The Kier molecular flexibility index (Phi) is 5.39. The summed E-state index contributed by atoms with van der Waals surface area (Å²) < 4.78 is 5.27. The highest BCUT2D eigenvalue weighted by Crippen LogP contribution is 2.42. The Morgan fingerprint density at radius 3 is 2.06 bits per heavy atom. The molecule has 0 bridgehead atoms. The molecular formula is C11H10Cl4O2. The lowest BCUT2D eigenvalue weighted by atomic mass is 10.1. The van der Waals surface area contributed by atoms with E-state index in [1.807, 2.05) is 0 Å². The Labute approximate surface area is 120 Å². The van der Waals surface area contributed by atoms with Crippen LogP contribution in [0.5, 0.6) is 5.75 Å². The number of carbonyl (C=O) groups is 1. The minimum atomic E-state index is -0.123. The van der Waals surface area contributed by atoms with Crippen LogP contribution in [0, 0.1) is 5.92 Å². The van der Waals surface area contributed by atoms with Gasteiger partial charge in [0.15, 0.2) is 11.5 Å². The Hall–Kier alpha value is -0.150. The lowest BCUT2D eigenvalue weighted by Gasteiger charge is -2.12. The smallest absolute Gasteiger partial charge is 0.172 e. The van der Waals surface area contributed by atoms with Gasteiger partial charge in [-0.05, 0) is 6.07 Å². The molecule has 1 aromatic carbocycles. The molecule has 0 aliphatic rings. The van der Waals surface area contributed by atoms with Gasteiger partial charge in [-0.2, -0.15) is 0 Å². The maximum atomic E-state index is 11.4. The summed E-state index contributed by atoms with van der Waals surface area (Å²) in [5.74, 6) is -0.0460. The van der Waals surface area contributed by atoms with Gasteiger partial charge >= 0.3 is 0 Å². The third kappa shape index (κ3) is 3.65. The molecule has 2 nitrogen and oxygen atoms in total. The van der Waals surface area contributed by atoms with Crippen LogP contribution in [0.3, 0.4) is 0 Å². The molecule has 0 spiro atoms. The summed E-state index contributed by atoms with van der Waals surface area (Å²) in [6, 6.07) is 1.42. The fourth-order valence-corrected chi connectivity index (χ4v) is 1.89. The van der Waals surface area contributed by atoms with Crippen LogP contribution in [0.2, 0.25) is 20.1 Å². The van der Waals surface area contributed by atoms with E-state index in [4.69, 9.17) is 51.1 Å². The summed E-state index contributed by atoms with van der Waals surface area (Å²) in [5, 5.41) is 0.761. The first kappa shape index (κ1) is 14.9. The van der Waals surface area contributed by atoms with E-state index in [9.17, 15) is 4.79 Å². The zero-order valence-corrected chi connectivity index (χ0v) is 12.2. The molecule has 17 heavy (non-hydrogen) atoms. The van der Waals surface area contributed by atoms with Crippen molar-refractivity contribution in [3.63, 3.8) is 0 Å². The number of hydrogen-bond donors (Lipinski definition) is 0. The van der Waals surface area contributed by atoms with Gasteiger partial charge in [0.2, 0.25) is 0 Å². The van der Waals surface area contributed by atoms with E-state index in [1.165, 1.54) is 6.07 Å². The Balaban J connectivity index is 2.95. The lowest BCUT2D eigenvalue weighted by Crippen LogP contribution is -2.17. The van der Waals surface area contributed by atoms with Crippen LogP contribution < -0.4 is 4.74 Å². The van der Waals surface area contributed by atoms with Gasteiger partial charge in [-0.15, -0.1) is 0 Å². The van der Waals surface area contributed by atoms with E-state index in [-0.39, 0.29) is 44.1 Å². The number of benzene rings is 1. The number of carbonyl (C=O) groups excluding carboxylic acids is 1. The van der Waals surface area contributed by atoms with Crippen molar-refractivity contribution in [1.82, 2.24) is 0 Å². The molecule has 0 saturated carbocycles. The van der Waals surface area contributed by atoms with E-state index in [2.05, 4.69) is 0 Å². The van der Waals surface area contributed by atoms with E-state index in [0.717, 1.165) is 0 Å². The van der Waals surface area contributed by atoms with Crippen molar-refractivity contribution in [3.8, 4) is 5.75 Å². The molecule has 0 heterocycles. The highest BCUT2D eigenvalue weighted by Gasteiger charge is 2.17. The summed E-state index contributed by atoms with van der Waals surface area (Å²) in [6.07, 6.45) is 0. The minimum Gasteiger partial charge on any atom is -0.483 e. The van der Waals surface area contributed by atoms with Crippen LogP contribution in [0.15, 0.2) is 6.07 Å². The third-order valence-electron chi connectivity index (χ3n) is 2.07. The number of ketones is 1. The predicted molar refractivity (Wildman–Crippen MR) is 71.8 cm³/mol. The first-order valence-electron chi connectivity index (χ1n) is 4.83. The van der Waals surface area contributed by atoms with Gasteiger partial charge in [-0.25, -0.2) is 0 Å². The van der Waals surface area contributed by atoms with E-state index >= 15 is 0 Å². The second kappa shape index (κ2) is 6.14. The van der Waals surface area contributed by atoms with Crippen molar-refractivity contribution < 1.29 is 9.53 Å². The summed E-state index contributed by atoms with van der Waals surface area (Å²) in [5.41, 5.74) is 0.